The third-order valence-electron chi connectivity index (χ3n) is 2.53. The van der Waals surface area contributed by atoms with E-state index < -0.39 is 11.9 Å². The van der Waals surface area contributed by atoms with Crippen molar-refractivity contribution in [2.24, 2.45) is 0 Å². The molecule has 1 aliphatic heterocycles. The number of hydrogen-bond donors (Lipinski definition) is 1. The summed E-state index contributed by atoms with van der Waals surface area (Å²) in [4.78, 5) is 34.9. The number of hydrogen-bond acceptors (Lipinski definition) is 3. The highest BCUT2D eigenvalue weighted by Gasteiger charge is 2.32. The molecule has 17 heavy (non-hydrogen) atoms. The van der Waals surface area contributed by atoms with E-state index >= 15 is 0 Å². The Labute approximate surface area is 102 Å². The van der Waals surface area contributed by atoms with Gasteiger partial charge in [-0.25, -0.2) is 9.69 Å². The van der Waals surface area contributed by atoms with Gasteiger partial charge in [0.05, 0.1) is 17.7 Å². The summed E-state index contributed by atoms with van der Waals surface area (Å²) in [5.41, 5.74) is 0.991. The van der Waals surface area contributed by atoms with Gasteiger partial charge < -0.3 is 5.11 Å². The molecule has 1 aromatic rings. The Balaban J connectivity index is 2.50. The van der Waals surface area contributed by atoms with Crippen molar-refractivity contribution in [3.8, 4) is 0 Å². The smallest absolute Gasteiger partial charge is 0.335 e. The summed E-state index contributed by atoms with van der Waals surface area (Å²) in [6.45, 7) is 0. The fourth-order valence-corrected chi connectivity index (χ4v) is 1.88. The van der Waals surface area contributed by atoms with Crippen molar-refractivity contribution >= 4 is 35.1 Å². The first-order valence-electron chi connectivity index (χ1n) is 4.82. The number of carboxylic acid groups (broad SMARTS) is 1. The molecule has 0 saturated heterocycles. The van der Waals surface area contributed by atoms with Gasteiger partial charge in [-0.15, -0.1) is 11.6 Å². The zero-order valence-corrected chi connectivity index (χ0v) is 9.40. The van der Waals surface area contributed by atoms with E-state index in [0.29, 0.717) is 11.3 Å². The summed E-state index contributed by atoms with van der Waals surface area (Å²) in [6.07, 6.45) is 0.0951. The maximum absolute atomic E-state index is 11.6. The highest BCUT2D eigenvalue weighted by atomic mass is 35.5. The molecule has 1 N–H and O–H groups in total. The molecule has 0 saturated carbocycles. The van der Waals surface area contributed by atoms with Gasteiger partial charge in [-0.1, -0.05) is 6.07 Å². The summed E-state index contributed by atoms with van der Waals surface area (Å²) >= 11 is 5.41. The fourth-order valence-electron chi connectivity index (χ4n) is 1.76. The van der Waals surface area contributed by atoms with Crippen LogP contribution >= 0.6 is 11.6 Å². The van der Waals surface area contributed by atoms with E-state index in [-0.39, 0.29) is 23.8 Å². The van der Waals surface area contributed by atoms with Crippen LogP contribution in [0, 0.1) is 0 Å². The quantitative estimate of drug-likeness (QED) is 0.799. The van der Waals surface area contributed by atoms with Gasteiger partial charge in [-0.2, -0.15) is 0 Å². The second kappa shape index (κ2) is 4.18. The standard InChI is InChI=1S/C11H8ClNO4/c12-5-10(15)13-8-3-7(11(16)17)2-1-6(8)4-9(13)14/h1-3H,4-5H2,(H,16,17). The van der Waals surface area contributed by atoms with E-state index in [9.17, 15) is 14.4 Å². The van der Waals surface area contributed by atoms with Crippen LogP contribution in [0.2, 0.25) is 0 Å². The van der Waals surface area contributed by atoms with Crippen LogP contribution in [0.25, 0.3) is 0 Å². The molecular weight excluding hydrogens is 246 g/mol. The van der Waals surface area contributed by atoms with Gasteiger partial charge in [-0.3, -0.25) is 9.59 Å². The number of carbonyl (C=O) groups is 3. The number of benzene rings is 1. The van der Waals surface area contributed by atoms with Crippen LogP contribution in [0.15, 0.2) is 18.2 Å². The second-order valence-corrected chi connectivity index (χ2v) is 3.85. The number of carboxylic acids is 1. The lowest BCUT2D eigenvalue weighted by Crippen LogP contribution is -2.34. The van der Waals surface area contributed by atoms with Crippen molar-refractivity contribution in [3.63, 3.8) is 0 Å². The molecule has 2 rings (SSSR count). The van der Waals surface area contributed by atoms with Crippen LogP contribution in [0.5, 0.6) is 0 Å². The van der Waals surface area contributed by atoms with Crippen LogP contribution in [-0.4, -0.2) is 28.8 Å². The number of alkyl halides is 1. The zero-order chi connectivity index (χ0) is 12.6. The van der Waals surface area contributed by atoms with Gasteiger partial charge in [-0.05, 0) is 17.7 Å². The number of anilines is 1. The van der Waals surface area contributed by atoms with Gasteiger partial charge in [0, 0.05) is 0 Å². The van der Waals surface area contributed by atoms with Crippen molar-refractivity contribution in [1.29, 1.82) is 0 Å². The molecule has 1 aliphatic rings. The Hall–Kier alpha value is -1.88. The lowest BCUT2D eigenvalue weighted by Gasteiger charge is -2.13. The Morgan fingerprint density at radius 1 is 1.41 bits per heavy atom. The molecule has 6 heteroatoms. The number of rotatable bonds is 2. The molecule has 1 aromatic carbocycles. The molecule has 0 atom stereocenters. The molecule has 1 heterocycles. The number of nitrogens with zero attached hydrogens (tertiary/aromatic N) is 1. The van der Waals surface area contributed by atoms with Crippen LogP contribution < -0.4 is 4.90 Å². The van der Waals surface area contributed by atoms with Crippen molar-refractivity contribution in [2.75, 3.05) is 10.8 Å². The minimum absolute atomic E-state index is 0.0332. The average molecular weight is 254 g/mol. The van der Waals surface area contributed by atoms with Gasteiger partial charge in [0.15, 0.2) is 0 Å². The molecule has 0 bridgehead atoms. The molecule has 0 fully saturated rings. The van der Waals surface area contributed by atoms with E-state index in [1.54, 1.807) is 0 Å². The summed E-state index contributed by atoms with van der Waals surface area (Å²) in [5.74, 6) is -2.35. The zero-order valence-electron chi connectivity index (χ0n) is 8.64. The van der Waals surface area contributed by atoms with E-state index in [1.807, 2.05) is 0 Å². The topological polar surface area (TPSA) is 74.7 Å². The molecule has 0 aromatic heterocycles. The first-order valence-corrected chi connectivity index (χ1v) is 5.36. The third kappa shape index (κ3) is 1.89. The SMILES string of the molecule is O=C(O)c1ccc2c(c1)N(C(=O)CCl)C(=O)C2. The number of fused-ring (bicyclic) bond motifs is 1. The van der Waals surface area contributed by atoms with Crippen molar-refractivity contribution in [2.45, 2.75) is 6.42 Å². The second-order valence-electron chi connectivity index (χ2n) is 3.58. The maximum Gasteiger partial charge on any atom is 0.335 e. The molecule has 0 spiro atoms. The van der Waals surface area contributed by atoms with Crippen molar-refractivity contribution < 1.29 is 19.5 Å². The first-order chi connectivity index (χ1) is 8.04. The van der Waals surface area contributed by atoms with E-state index in [4.69, 9.17) is 16.7 Å². The Morgan fingerprint density at radius 2 is 2.12 bits per heavy atom. The molecule has 0 aliphatic carbocycles. The summed E-state index contributed by atoms with van der Waals surface area (Å²) < 4.78 is 0. The van der Waals surface area contributed by atoms with Crippen LogP contribution in [0.1, 0.15) is 15.9 Å². The number of imide groups is 1. The third-order valence-corrected chi connectivity index (χ3v) is 2.76. The monoisotopic (exact) mass is 253 g/mol. The molecule has 2 amide bonds. The van der Waals surface area contributed by atoms with Gasteiger partial charge in [0.2, 0.25) is 11.8 Å². The predicted octanol–water partition coefficient (Wildman–Crippen LogP) is 1.04. The van der Waals surface area contributed by atoms with Crippen LogP contribution in [0.4, 0.5) is 5.69 Å². The van der Waals surface area contributed by atoms with Crippen molar-refractivity contribution in [1.82, 2.24) is 0 Å². The Kier molecular flexibility index (Phi) is 2.85. The molecule has 5 nitrogen and oxygen atoms in total. The normalized spacial score (nSPS) is 13.7. The highest BCUT2D eigenvalue weighted by Crippen LogP contribution is 2.30. The molecule has 0 unspecified atom stereocenters. The average Bonchev–Trinajstić information content (AvgIpc) is 2.62. The summed E-state index contributed by atoms with van der Waals surface area (Å²) in [7, 11) is 0. The molecule has 0 radical (unpaired) electrons. The van der Waals surface area contributed by atoms with Gasteiger partial charge in [0.1, 0.15) is 5.88 Å². The number of amides is 2. The van der Waals surface area contributed by atoms with Crippen molar-refractivity contribution in [3.05, 3.63) is 29.3 Å². The molecular formula is C11H8ClNO4. The minimum Gasteiger partial charge on any atom is -0.478 e. The van der Waals surface area contributed by atoms with E-state index in [1.165, 1.54) is 18.2 Å². The van der Waals surface area contributed by atoms with Gasteiger partial charge in [0.25, 0.3) is 0 Å². The van der Waals surface area contributed by atoms with Crippen LogP contribution in [-0.2, 0) is 16.0 Å². The lowest BCUT2D eigenvalue weighted by atomic mass is 10.1. The predicted molar refractivity (Wildman–Crippen MR) is 60.3 cm³/mol. The van der Waals surface area contributed by atoms with Crippen LogP contribution in [0.3, 0.4) is 0 Å². The van der Waals surface area contributed by atoms with E-state index in [0.717, 1.165) is 4.90 Å². The van der Waals surface area contributed by atoms with Gasteiger partial charge >= 0.3 is 5.97 Å². The number of carbonyl (C=O) groups excluding carboxylic acids is 2. The largest absolute Gasteiger partial charge is 0.478 e. The fraction of sp³-hybridized carbons (Fsp3) is 0.182. The minimum atomic E-state index is -1.11. The number of aromatic carboxylic acids is 1. The highest BCUT2D eigenvalue weighted by molar-refractivity contribution is 6.34. The Morgan fingerprint density at radius 3 is 2.71 bits per heavy atom. The molecule has 88 valence electrons. The summed E-state index contributed by atoms with van der Waals surface area (Å²) in [6, 6.07) is 4.26. The Bertz CT molecular complexity index is 518. The lowest BCUT2D eigenvalue weighted by molar-refractivity contribution is -0.124. The summed E-state index contributed by atoms with van der Waals surface area (Å²) in [5, 5.41) is 8.85. The first kappa shape index (κ1) is 11.6. The maximum atomic E-state index is 11.6. The van der Waals surface area contributed by atoms with E-state index in [2.05, 4.69) is 0 Å². The number of halogens is 1.